The molecule has 1 amide bonds. The van der Waals surface area contributed by atoms with Gasteiger partial charge in [0.1, 0.15) is 11.8 Å². The molecule has 1 aromatic carbocycles. The second-order valence-corrected chi connectivity index (χ2v) is 5.63. The highest BCUT2D eigenvalue weighted by molar-refractivity contribution is 5.96. The molecule has 2 heterocycles. The minimum absolute atomic E-state index is 0.180. The van der Waals surface area contributed by atoms with Crippen LogP contribution in [0.2, 0.25) is 0 Å². The number of hydrogen-bond acceptors (Lipinski definition) is 5. The van der Waals surface area contributed by atoms with Crippen molar-refractivity contribution in [3.8, 4) is 11.4 Å². The van der Waals surface area contributed by atoms with E-state index in [9.17, 15) is 14.7 Å². The Morgan fingerprint density at radius 3 is 2.62 bits per heavy atom. The van der Waals surface area contributed by atoms with Crippen LogP contribution in [0, 0.1) is 6.92 Å². The number of hydrogen-bond donors (Lipinski definition) is 1. The molecular weight excluding hydrogens is 312 g/mol. The van der Waals surface area contributed by atoms with E-state index in [1.54, 1.807) is 30.8 Å². The Morgan fingerprint density at radius 2 is 2.00 bits per heavy atom. The molecule has 0 bridgehead atoms. The first-order valence-electron chi connectivity index (χ1n) is 7.63. The number of nitrogens with zero attached hydrogens (tertiary/aromatic N) is 4. The van der Waals surface area contributed by atoms with Crippen molar-refractivity contribution in [1.29, 1.82) is 0 Å². The molecule has 1 atom stereocenters. The van der Waals surface area contributed by atoms with E-state index in [2.05, 4.69) is 10.3 Å². The summed E-state index contributed by atoms with van der Waals surface area (Å²) in [6, 6.07) is 6.41. The molecule has 0 aliphatic carbocycles. The molecule has 1 saturated heterocycles. The number of rotatable bonds is 4. The van der Waals surface area contributed by atoms with Crippen molar-refractivity contribution in [2.24, 2.45) is 0 Å². The molecule has 1 aliphatic heterocycles. The summed E-state index contributed by atoms with van der Waals surface area (Å²) >= 11 is 0. The summed E-state index contributed by atoms with van der Waals surface area (Å²) < 4.78 is 6.67. The zero-order chi connectivity index (χ0) is 17.3. The van der Waals surface area contributed by atoms with Crippen LogP contribution in [0.15, 0.2) is 24.3 Å². The van der Waals surface area contributed by atoms with E-state index >= 15 is 0 Å². The molecule has 126 valence electrons. The summed E-state index contributed by atoms with van der Waals surface area (Å²) in [7, 11) is 1.58. The van der Waals surface area contributed by atoms with Crippen molar-refractivity contribution in [2.45, 2.75) is 25.8 Å². The summed E-state index contributed by atoms with van der Waals surface area (Å²) in [6.45, 7) is 2.16. The van der Waals surface area contributed by atoms with Crippen molar-refractivity contribution >= 4 is 11.9 Å². The average molecular weight is 330 g/mol. The number of carboxylic acid groups (broad SMARTS) is 1. The van der Waals surface area contributed by atoms with Crippen LogP contribution < -0.4 is 4.74 Å². The summed E-state index contributed by atoms with van der Waals surface area (Å²) in [4.78, 5) is 25.3. The van der Waals surface area contributed by atoms with E-state index in [1.165, 1.54) is 4.90 Å². The van der Waals surface area contributed by atoms with Crippen LogP contribution in [0.25, 0.3) is 5.69 Å². The van der Waals surface area contributed by atoms with Gasteiger partial charge in [-0.1, -0.05) is 5.21 Å². The number of aromatic nitrogens is 3. The van der Waals surface area contributed by atoms with Crippen LogP contribution in [-0.4, -0.2) is 56.6 Å². The maximum atomic E-state index is 12.7. The molecule has 2 aromatic rings. The Hall–Kier alpha value is -2.90. The molecule has 1 unspecified atom stereocenters. The summed E-state index contributed by atoms with van der Waals surface area (Å²) in [6.07, 6.45) is 1.14. The van der Waals surface area contributed by atoms with Gasteiger partial charge in [-0.15, -0.1) is 5.10 Å². The number of carbonyl (C=O) groups is 2. The maximum Gasteiger partial charge on any atom is 0.326 e. The number of carboxylic acids is 1. The van der Waals surface area contributed by atoms with Gasteiger partial charge in [-0.05, 0) is 44.0 Å². The fourth-order valence-corrected chi connectivity index (χ4v) is 2.90. The van der Waals surface area contributed by atoms with Crippen LogP contribution in [0.4, 0.5) is 0 Å². The molecule has 3 rings (SSSR count). The lowest BCUT2D eigenvalue weighted by Crippen LogP contribution is -2.40. The first-order chi connectivity index (χ1) is 11.5. The number of likely N-dealkylation sites (tertiary alicyclic amines) is 1. The van der Waals surface area contributed by atoms with Crippen LogP contribution in [0.3, 0.4) is 0 Å². The lowest BCUT2D eigenvalue weighted by Gasteiger charge is -2.20. The Balaban J connectivity index is 1.89. The highest BCUT2D eigenvalue weighted by Gasteiger charge is 2.36. The zero-order valence-corrected chi connectivity index (χ0v) is 13.5. The number of ether oxygens (including phenoxy) is 1. The normalized spacial score (nSPS) is 17.1. The summed E-state index contributed by atoms with van der Waals surface area (Å²) in [5, 5.41) is 17.2. The summed E-state index contributed by atoms with van der Waals surface area (Å²) in [5.74, 6) is -0.660. The van der Waals surface area contributed by atoms with Crippen molar-refractivity contribution in [2.75, 3.05) is 13.7 Å². The van der Waals surface area contributed by atoms with Gasteiger partial charge in [0, 0.05) is 6.54 Å². The zero-order valence-electron chi connectivity index (χ0n) is 13.5. The van der Waals surface area contributed by atoms with Crippen molar-refractivity contribution in [3.05, 3.63) is 35.7 Å². The van der Waals surface area contributed by atoms with E-state index in [0.717, 1.165) is 5.69 Å². The lowest BCUT2D eigenvalue weighted by molar-refractivity contribution is -0.141. The van der Waals surface area contributed by atoms with E-state index in [-0.39, 0.29) is 5.69 Å². The van der Waals surface area contributed by atoms with Gasteiger partial charge in [-0.25, -0.2) is 9.48 Å². The maximum absolute atomic E-state index is 12.7. The minimum atomic E-state index is -0.985. The van der Waals surface area contributed by atoms with Crippen molar-refractivity contribution in [3.63, 3.8) is 0 Å². The van der Waals surface area contributed by atoms with E-state index in [4.69, 9.17) is 4.74 Å². The molecule has 0 radical (unpaired) electrons. The Morgan fingerprint density at radius 1 is 1.29 bits per heavy atom. The molecule has 24 heavy (non-hydrogen) atoms. The monoisotopic (exact) mass is 330 g/mol. The first-order valence-corrected chi connectivity index (χ1v) is 7.63. The van der Waals surface area contributed by atoms with E-state index in [1.807, 2.05) is 12.1 Å². The number of aliphatic carboxylic acids is 1. The molecule has 8 nitrogen and oxygen atoms in total. The minimum Gasteiger partial charge on any atom is -0.497 e. The third-order valence-corrected chi connectivity index (χ3v) is 4.21. The second-order valence-electron chi connectivity index (χ2n) is 5.63. The molecule has 1 aliphatic rings. The first kappa shape index (κ1) is 16.0. The standard InChI is InChI=1S/C16H18N4O4/c1-10-14(15(21)19-9-3-4-13(19)16(22)23)17-18-20(10)11-5-7-12(24-2)8-6-11/h5-8,13H,3-4,9H2,1-2H3,(H,22,23). The van der Waals surface area contributed by atoms with Gasteiger partial charge in [-0.3, -0.25) is 4.79 Å². The van der Waals surface area contributed by atoms with Gasteiger partial charge in [0.25, 0.3) is 5.91 Å². The largest absolute Gasteiger partial charge is 0.497 e. The number of benzene rings is 1. The van der Waals surface area contributed by atoms with Crippen LogP contribution in [-0.2, 0) is 4.79 Å². The molecule has 1 aromatic heterocycles. The second kappa shape index (κ2) is 6.31. The van der Waals surface area contributed by atoms with Gasteiger partial charge in [0.05, 0.1) is 18.5 Å². The fourth-order valence-electron chi connectivity index (χ4n) is 2.90. The smallest absolute Gasteiger partial charge is 0.326 e. The van der Waals surface area contributed by atoms with Crippen LogP contribution >= 0.6 is 0 Å². The predicted octanol–water partition coefficient (Wildman–Crippen LogP) is 1.27. The third-order valence-electron chi connectivity index (χ3n) is 4.21. The highest BCUT2D eigenvalue weighted by Crippen LogP contribution is 2.22. The van der Waals surface area contributed by atoms with Gasteiger partial charge in [0.15, 0.2) is 5.69 Å². The molecule has 1 N–H and O–H groups in total. The molecule has 0 spiro atoms. The molecule has 1 fully saturated rings. The third kappa shape index (κ3) is 2.70. The van der Waals surface area contributed by atoms with Gasteiger partial charge < -0.3 is 14.7 Å². The number of methoxy groups -OCH3 is 1. The van der Waals surface area contributed by atoms with Crippen LogP contribution in [0.5, 0.6) is 5.75 Å². The molecule has 8 heteroatoms. The summed E-state index contributed by atoms with van der Waals surface area (Å²) in [5.41, 5.74) is 1.50. The Kier molecular flexibility index (Phi) is 4.20. The predicted molar refractivity (Wildman–Crippen MR) is 84.3 cm³/mol. The van der Waals surface area contributed by atoms with Gasteiger partial charge in [0.2, 0.25) is 0 Å². The Labute approximate surface area is 138 Å². The SMILES string of the molecule is COc1ccc(-n2nnc(C(=O)N3CCCC3C(=O)O)c2C)cc1. The van der Waals surface area contributed by atoms with Crippen LogP contribution in [0.1, 0.15) is 29.0 Å². The highest BCUT2D eigenvalue weighted by atomic mass is 16.5. The topological polar surface area (TPSA) is 97.5 Å². The quantitative estimate of drug-likeness (QED) is 0.907. The lowest BCUT2D eigenvalue weighted by atomic mass is 10.2. The van der Waals surface area contributed by atoms with Crippen molar-refractivity contribution in [1.82, 2.24) is 19.9 Å². The van der Waals surface area contributed by atoms with E-state index < -0.39 is 17.9 Å². The Bertz CT molecular complexity index is 769. The number of carbonyl (C=O) groups excluding carboxylic acids is 1. The van der Waals surface area contributed by atoms with Gasteiger partial charge in [-0.2, -0.15) is 0 Å². The molecule has 0 saturated carbocycles. The average Bonchev–Trinajstić information content (AvgIpc) is 3.21. The van der Waals surface area contributed by atoms with Gasteiger partial charge >= 0.3 is 5.97 Å². The molecular formula is C16H18N4O4. The van der Waals surface area contributed by atoms with Crippen molar-refractivity contribution < 1.29 is 19.4 Å². The fraction of sp³-hybridized carbons (Fsp3) is 0.375. The van der Waals surface area contributed by atoms with E-state index in [0.29, 0.717) is 30.8 Å². The number of amides is 1.